The number of rotatable bonds is 6. The van der Waals surface area contributed by atoms with Crippen molar-refractivity contribution in [1.29, 1.82) is 0 Å². The molecular formula is C14H30N2. The second-order valence-corrected chi connectivity index (χ2v) is 5.71. The van der Waals surface area contributed by atoms with Gasteiger partial charge in [-0.3, -0.25) is 0 Å². The molecule has 1 atom stereocenters. The molecule has 0 amide bonds. The van der Waals surface area contributed by atoms with Crippen molar-refractivity contribution in [3.63, 3.8) is 0 Å². The lowest BCUT2D eigenvalue weighted by atomic mass is 9.86. The van der Waals surface area contributed by atoms with Crippen molar-refractivity contribution >= 4 is 0 Å². The maximum Gasteiger partial charge on any atom is 0.00674 e. The van der Waals surface area contributed by atoms with E-state index in [9.17, 15) is 0 Å². The number of hydrogen-bond acceptors (Lipinski definition) is 2. The topological polar surface area (TPSA) is 15.3 Å². The molecule has 1 aliphatic heterocycles. The van der Waals surface area contributed by atoms with Gasteiger partial charge in [0, 0.05) is 6.04 Å². The van der Waals surface area contributed by atoms with E-state index < -0.39 is 0 Å². The lowest BCUT2D eigenvalue weighted by Gasteiger charge is -2.37. The van der Waals surface area contributed by atoms with Crippen molar-refractivity contribution in [1.82, 2.24) is 10.2 Å². The van der Waals surface area contributed by atoms with Gasteiger partial charge < -0.3 is 10.2 Å². The van der Waals surface area contributed by atoms with Crippen molar-refractivity contribution < 1.29 is 0 Å². The predicted octanol–water partition coefficient (Wildman–Crippen LogP) is 2.74. The van der Waals surface area contributed by atoms with Crippen LogP contribution in [0, 0.1) is 11.8 Å². The third-order valence-corrected chi connectivity index (χ3v) is 4.19. The van der Waals surface area contributed by atoms with E-state index in [0.717, 1.165) is 24.4 Å². The molecule has 0 bridgehead atoms. The normalized spacial score (nSPS) is 21.6. The van der Waals surface area contributed by atoms with Gasteiger partial charge in [-0.2, -0.15) is 0 Å². The van der Waals surface area contributed by atoms with Crippen LogP contribution in [0.2, 0.25) is 0 Å². The van der Waals surface area contributed by atoms with Crippen LogP contribution in [0.15, 0.2) is 0 Å². The standard InChI is InChI=1S/C14H30N2/c1-12(2)14-7-10-16(11-8-14)13(3)6-5-9-15-4/h12-15H,5-11H2,1-4H3. The van der Waals surface area contributed by atoms with Gasteiger partial charge in [0.05, 0.1) is 0 Å². The predicted molar refractivity (Wildman–Crippen MR) is 71.8 cm³/mol. The average molecular weight is 226 g/mol. The lowest BCUT2D eigenvalue weighted by Crippen LogP contribution is -2.41. The number of nitrogens with zero attached hydrogens (tertiary/aromatic N) is 1. The fourth-order valence-corrected chi connectivity index (χ4v) is 2.78. The molecule has 1 unspecified atom stereocenters. The van der Waals surface area contributed by atoms with E-state index in [2.05, 4.69) is 31.0 Å². The summed E-state index contributed by atoms with van der Waals surface area (Å²) < 4.78 is 0. The van der Waals surface area contributed by atoms with Crippen LogP contribution < -0.4 is 5.32 Å². The molecule has 0 aromatic heterocycles. The van der Waals surface area contributed by atoms with Crippen LogP contribution in [0.1, 0.15) is 46.5 Å². The summed E-state index contributed by atoms with van der Waals surface area (Å²) in [6, 6.07) is 0.779. The Morgan fingerprint density at radius 3 is 2.31 bits per heavy atom. The van der Waals surface area contributed by atoms with Gasteiger partial charge in [-0.1, -0.05) is 13.8 Å². The zero-order chi connectivity index (χ0) is 12.0. The van der Waals surface area contributed by atoms with E-state index >= 15 is 0 Å². The monoisotopic (exact) mass is 226 g/mol. The highest BCUT2D eigenvalue weighted by atomic mass is 15.2. The Balaban J connectivity index is 2.19. The summed E-state index contributed by atoms with van der Waals surface area (Å²) in [4.78, 5) is 2.69. The smallest absolute Gasteiger partial charge is 0.00674 e. The second-order valence-electron chi connectivity index (χ2n) is 5.71. The van der Waals surface area contributed by atoms with Crippen molar-refractivity contribution in [3.05, 3.63) is 0 Å². The van der Waals surface area contributed by atoms with Gasteiger partial charge in [-0.25, -0.2) is 0 Å². The van der Waals surface area contributed by atoms with Gasteiger partial charge in [-0.05, 0) is 71.1 Å². The zero-order valence-electron chi connectivity index (χ0n) is 11.6. The molecule has 1 N–H and O–H groups in total. The van der Waals surface area contributed by atoms with Crippen LogP contribution >= 0.6 is 0 Å². The molecular weight excluding hydrogens is 196 g/mol. The molecule has 0 spiro atoms. The van der Waals surface area contributed by atoms with Gasteiger partial charge in [0.2, 0.25) is 0 Å². The highest BCUT2D eigenvalue weighted by Gasteiger charge is 2.23. The first kappa shape index (κ1) is 14.0. The van der Waals surface area contributed by atoms with Gasteiger partial charge in [-0.15, -0.1) is 0 Å². The van der Waals surface area contributed by atoms with E-state index in [1.807, 2.05) is 7.05 Å². The summed E-state index contributed by atoms with van der Waals surface area (Å²) in [5, 5.41) is 3.23. The molecule has 0 saturated carbocycles. The van der Waals surface area contributed by atoms with Gasteiger partial charge >= 0.3 is 0 Å². The van der Waals surface area contributed by atoms with Crippen molar-refractivity contribution in [3.8, 4) is 0 Å². The fraction of sp³-hybridized carbons (Fsp3) is 1.00. The molecule has 2 heteroatoms. The first-order chi connectivity index (χ1) is 7.65. The maximum atomic E-state index is 3.23. The number of nitrogens with one attached hydrogen (secondary N) is 1. The highest BCUT2D eigenvalue weighted by molar-refractivity contribution is 4.77. The van der Waals surface area contributed by atoms with E-state index in [0.29, 0.717) is 0 Å². The Labute approximate surface area is 102 Å². The Morgan fingerprint density at radius 2 is 1.81 bits per heavy atom. The molecule has 0 radical (unpaired) electrons. The van der Waals surface area contributed by atoms with Crippen molar-refractivity contribution in [2.24, 2.45) is 11.8 Å². The van der Waals surface area contributed by atoms with Gasteiger partial charge in [0.25, 0.3) is 0 Å². The summed E-state index contributed by atoms with van der Waals surface area (Å²) in [5.74, 6) is 1.85. The largest absolute Gasteiger partial charge is 0.320 e. The minimum Gasteiger partial charge on any atom is -0.320 e. The minimum absolute atomic E-state index is 0.779. The van der Waals surface area contributed by atoms with Crippen molar-refractivity contribution in [2.45, 2.75) is 52.5 Å². The summed E-state index contributed by atoms with van der Waals surface area (Å²) in [5.41, 5.74) is 0. The van der Waals surface area contributed by atoms with Crippen molar-refractivity contribution in [2.75, 3.05) is 26.7 Å². The van der Waals surface area contributed by atoms with E-state index in [4.69, 9.17) is 0 Å². The number of likely N-dealkylation sites (tertiary alicyclic amines) is 1. The summed E-state index contributed by atoms with van der Waals surface area (Å²) in [6.07, 6.45) is 5.47. The van der Waals surface area contributed by atoms with E-state index in [1.165, 1.54) is 38.8 Å². The third-order valence-electron chi connectivity index (χ3n) is 4.19. The van der Waals surface area contributed by atoms with Crippen LogP contribution in [0.25, 0.3) is 0 Å². The van der Waals surface area contributed by atoms with Crippen LogP contribution in [-0.4, -0.2) is 37.6 Å². The molecule has 0 aromatic carbocycles. The zero-order valence-corrected chi connectivity index (χ0v) is 11.6. The Morgan fingerprint density at radius 1 is 1.19 bits per heavy atom. The molecule has 1 rings (SSSR count). The number of piperidine rings is 1. The molecule has 1 aliphatic rings. The Bertz CT molecular complexity index is 172. The minimum atomic E-state index is 0.779. The molecule has 16 heavy (non-hydrogen) atoms. The Kier molecular flexibility index (Phi) is 6.37. The van der Waals surface area contributed by atoms with Crippen LogP contribution in [0.5, 0.6) is 0 Å². The second kappa shape index (κ2) is 7.29. The lowest BCUT2D eigenvalue weighted by molar-refractivity contribution is 0.116. The van der Waals surface area contributed by atoms with Crippen LogP contribution in [-0.2, 0) is 0 Å². The van der Waals surface area contributed by atoms with E-state index in [1.54, 1.807) is 0 Å². The van der Waals surface area contributed by atoms with Gasteiger partial charge in [0.15, 0.2) is 0 Å². The third kappa shape index (κ3) is 4.42. The maximum absolute atomic E-state index is 3.23. The van der Waals surface area contributed by atoms with Gasteiger partial charge in [0.1, 0.15) is 0 Å². The number of hydrogen-bond donors (Lipinski definition) is 1. The molecule has 1 heterocycles. The van der Waals surface area contributed by atoms with E-state index in [-0.39, 0.29) is 0 Å². The van der Waals surface area contributed by atoms with Crippen LogP contribution in [0.3, 0.4) is 0 Å². The first-order valence-corrected chi connectivity index (χ1v) is 7.03. The molecule has 1 fully saturated rings. The SMILES string of the molecule is CNCCCC(C)N1CCC(C(C)C)CC1. The molecule has 1 saturated heterocycles. The molecule has 0 aromatic rings. The quantitative estimate of drug-likeness (QED) is 0.701. The molecule has 96 valence electrons. The summed E-state index contributed by atoms with van der Waals surface area (Å²) >= 11 is 0. The average Bonchev–Trinajstić information content (AvgIpc) is 2.29. The summed E-state index contributed by atoms with van der Waals surface area (Å²) in [6.45, 7) is 10.9. The highest BCUT2D eigenvalue weighted by Crippen LogP contribution is 2.26. The Hall–Kier alpha value is -0.0800. The fourth-order valence-electron chi connectivity index (χ4n) is 2.78. The first-order valence-electron chi connectivity index (χ1n) is 7.03. The molecule has 0 aliphatic carbocycles. The van der Waals surface area contributed by atoms with Crippen LogP contribution in [0.4, 0.5) is 0 Å². The molecule has 2 nitrogen and oxygen atoms in total. The summed E-state index contributed by atoms with van der Waals surface area (Å²) in [7, 11) is 2.04.